The normalized spacial score (nSPS) is 18.9. The number of hydrogen-bond acceptors (Lipinski definition) is 5. The monoisotopic (exact) mass is 387 g/mol. The molecule has 0 saturated heterocycles. The minimum Gasteiger partial charge on any atom is -0.348 e. The van der Waals surface area contributed by atoms with Gasteiger partial charge in [-0.3, -0.25) is 9.59 Å². The number of aromatic amines is 1. The van der Waals surface area contributed by atoms with E-state index in [1.807, 2.05) is 24.3 Å². The van der Waals surface area contributed by atoms with Crippen LogP contribution >= 0.6 is 0 Å². The third kappa shape index (κ3) is 3.74. The summed E-state index contributed by atoms with van der Waals surface area (Å²) in [7, 11) is 0. The Labute approximate surface area is 167 Å². The van der Waals surface area contributed by atoms with E-state index < -0.39 is 0 Å². The minimum absolute atomic E-state index is 0.0746. The number of nitrogens with one attached hydrogen (secondary N) is 2. The van der Waals surface area contributed by atoms with Gasteiger partial charge >= 0.3 is 0 Å². The Morgan fingerprint density at radius 1 is 1.14 bits per heavy atom. The third-order valence-electron chi connectivity index (χ3n) is 5.61. The quantitative estimate of drug-likeness (QED) is 0.718. The van der Waals surface area contributed by atoms with Crippen LogP contribution in [0.5, 0.6) is 0 Å². The molecule has 3 aromatic rings. The number of nitrogens with zero attached hydrogens (tertiary/aromatic N) is 3. The molecule has 7 nitrogen and oxygen atoms in total. The number of carbonyl (C=O) groups excluding carboxylic acids is 1. The Kier molecular flexibility index (Phi) is 5.09. The van der Waals surface area contributed by atoms with Gasteiger partial charge in [0.1, 0.15) is 11.8 Å². The Hall–Kier alpha value is -3.53. The lowest BCUT2D eigenvalue weighted by molar-refractivity contribution is 0.0920. The zero-order valence-electron chi connectivity index (χ0n) is 16.1. The van der Waals surface area contributed by atoms with Crippen molar-refractivity contribution in [1.82, 2.24) is 20.5 Å². The van der Waals surface area contributed by atoms with E-state index in [4.69, 9.17) is 5.26 Å². The van der Waals surface area contributed by atoms with Gasteiger partial charge in [-0.1, -0.05) is 18.2 Å². The van der Waals surface area contributed by atoms with Crippen molar-refractivity contribution in [3.8, 4) is 6.07 Å². The Balaban J connectivity index is 1.43. The zero-order valence-corrected chi connectivity index (χ0v) is 16.1. The molecule has 1 fully saturated rings. The summed E-state index contributed by atoms with van der Waals surface area (Å²) in [5.74, 6) is 0.0360. The molecule has 1 aliphatic rings. The number of nitriles is 1. The maximum absolute atomic E-state index is 12.5. The van der Waals surface area contributed by atoms with Crippen LogP contribution in [0.2, 0.25) is 0 Å². The molecule has 1 aromatic carbocycles. The molecule has 0 atom stereocenters. The second-order valence-corrected chi connectivity index (χ2v) is 7.45. The van der Waals surface area contributed by atoms with Crippen LogP contribution in [0.4, 0.5) is 0 Å². The molecular weight excluding hydrogens is 366 g/mol. The highest BCUT2D eigenvalue weighted by Crippen LogP contribution is 2.34. The van der Waals surface area contributed by atoms with Crippen LogP contribution in [0.3, 0.4) is 0 Å². The molecule has 2 N–H and O–H groups in total. The van der Waals surface area contributed by atoms with Crippen molar-refractivity contribution in [1.29, 1.82) is 5.26 Å². The Morgan fingerprint density at radius 2 is 1.86 bits per heavy atom. The number of rotatable bonds is 3. The van der Waals surface area contributed by atoms with Crippen LogP contribution in [0, 0.1) is 18.3 Å². The van der Waals surface area contributed by atoms with Gasteiger partial charge in [0.05, 0.1) is 22.3 Å². The Morgan fingerprint density at radius 3 is 2.55 bits per heavy atom. The summed E-state index contributed by atoms with van der Waals surface area (Å²) in [6, 6.07) is 12.9. The fraction of sp³-hybridized carbons (Fsp3) is 0.318. The molecule has 2 aromatic heterocycles. The van der Waals surface area contributed by atoms with Gasteiger partial charge in [0.2, 0.25) is 0 Å². The smallest absolute Gasteiger partial charge is 0.272 e. The zero-order chi connectivity index (χ0) is 20.4. The summed E-state index contributed by atoms with van der Waals surface area (Å²) in [4.78, 5) is 28.8. The Bertz CT molecular complexity index is 1170. The number of benzene rings is 1. The molecule has 1 aliphatic carbocycles. The van der Waals surface area contributed by atoms with Gasteiger partial charge < -0.3 is 5.32 Å². The van der Waals surface area contributed by atoms with E-state index in [0.717, 1.165) is 36.8 Å². The number of hydrogen-bond donors (Lipinski definition) is 2. The molecule has 146 valence electrons. The molecule has 1 amide bonds. The number of amides is 1. The van der Waals surface area contributed by atoms with Gasteiger partial charge in [0.25, 0.3) is 11.5 Å². The van der Waals surface area contributed by atoms with E-state index in [2.05, 4.69) is 26.6 Å². The molecule has 0 unspecified atom stereocenters. The topological polar surface area (TPSA) is 112 Å². The lowest BCUT2D eigenvalue weighted by atomic mass is 9.82. The maximum atomic E-state index is 12.5. The van der Waals surface area contributed by atoms with Gasteiger partial charge in [-0.05, 0) is 50.8 Å². The number of aromatic nitrogens is 3. The van der Waals surface area contributed by atoms with Gasteiger partial charge in [-0.15, -0.1) is 0 Å². The summed E-state index contributed by atoms with van der Waals surface area (Å²) in [6.07, 6.45) is 3.43. The van der Waals surface area contributed by atoms with Gasteiger partial charge in [0.15, 0.2) is 0 Å². The number of aryl methyl sites for hydroxylation is 1. The van der Waals surface area contributed by atoms with Crippen molar-refractivity contribution in [2.24, 2.45) is 0 Å². The lowest BCUT2D eigenvalue weighted by Crippen LogP contribution is -2.38. The van der Waals surface area contributed by atoms with Crippen molar-refractivity contribution >= 4 is 16.7 Å². The largest absolute Gasteiger partial charge is 0.348 e. The van der Waals surface area contributed by atoms with Crippen LogP contribution in [0.25, 0.3) is 10.8 Å². The summed E-state index contributed by atoms with van der Waals surface area (Å²) in [5.41, 5.74) is 2.12. The molecular formula is C22H21N5O2. The van der Waals surface area contributed by atoms with Crippen LogP contribution in [-0.2, 0) is 0 Å². The van der Waals surface area contributed by atoms with Gasteiger partial charge in [-0.2, -0.15) is 10.4 Å². The van der Waals surface area contributed by atoms with E-state index in [-0.39, 0.29) is 23.4 Å². The molecule has 4 rings (SSSR count). The fourth-order valence-corrected chi connectivity index (χ4v) is 4.02. The molecule has 1 saturated carbocycles. The predicted molar refractivity (Wildman–Crippen MR) is 109 cm³/mol. The number of fused-ring (bicyclic) bond motifs is 1. The van der Waals surface area contributed by atoms with Crippen molar-refractivity contribution in [3.63, 3.8) is 0 Å². The van der Waals surface area contributed by atoms with E-state index >= 15 is 0 Å². The highest BCUT2D eigenvalue weighted by molar-refractivity contribution is 5.92. The summed E-state index contributed by atoms with van der Waals surface area (Å²) in [5, 5.41) is 20.6. The second-order valence-electron chi connectivity index (χ2n) is 7.45. The van der Waals surface area contributed by atoms with E-state index in [1.165, 1.54) is 0 Å². The number of H-pyrrole nitrogens is 1. The maximum Gasteiger partial charge on any atom is 0.272 e. The van der Waals surface area contributed by atoms with Crippen LogP contribution in [0.1, 0.15) is 59.0 Å². The molecule has 7 heteroatoms. The second kappa shape index (κ2) is 7.84. The molecule has 0 spiro atoms. The average Bonchev–Trinajstić information content (AvgIpc) is 2.75. The molecule has 29 heavy (non-hydrogen) atoms. The van der Waals surface area contributed by atoms with Crippen LogP contribution in [-0.4, -0.2) is 27.1 Å². The first-order valence-electron chi connectivity index (χ1n) is 9.72. The number of pyridine rings is 1. The average molecular weight is 387 g/mol. The molecule has 0 bridgehead atoms. The fourth-order valence-electron chi connectivity index (χ4n) is 4.02. The number of carbonyl (C=O) groups is 1. The van der Waals surface area contributed by atoms with Crippen molar-refractivity contribution in [2.45, 2.75) is 44.6 Å². The van der Waals surface area contributed by atoms with Crippen LogP contribution < -0.4 is 10.9 Å². The highest BCUT2D eigenvalue weighted by atomic mass is 16.2. The first kappa shape index (κ1) is 18.8. The van der Waals surface area contributed by atoms with Crippen molar-refractivity contribution in [2.75, 3.05) is 0 Å². The molecule has 2 heterocycles. The predicted octanol–water partition coefficient (Wildman–Crippen LogP) is 2.95. The van der Waals surface area contributed by atoms with Gasteiger partial charge in [0, 0.05) is 17.3 Å². The highest BCUT2D eigenvalue weighted by Gasteiger charge is 2.26. The lowest BCUT2D eigenvalue weighted by Gasteiger charge is -2.29. The van der Waals surface area contributed by atoms with Crippen LogP contribution in [0.15, 0.2) is 41.2 Å². The van der Waals surface area contributed by atoms with Crippen molar-refractivity contribution < 1.29 is 4.79 Å². The van der Waals surface area contributed by atoms with Crippen molar-refractivity contribution in [3.05, 3.63) is 69.4 Å². The van der Waals surface area contributed by atoms with E-state index in [0.29, 0.717) is 22.3 Å². The summed E-state index contributed by atoms with van der Waals surface area (Å²) >= 11 is 0. The summed E-state index contributed by atoms with van der Waals surface area (Å²) < 4.78 is 0. The first-order chi connectivity index (χ1) is 14.1. The molecule has 0 aliphatic heterocycles. The van der Waals surface area contributed by atoms with E-state index in [9.17, 15) is 9.59 Å². The summed E-state index contributed by atoms with van der Waals surface area (Å²) in [6.45, 7) is 1.72. The first-order valence-corrected chi connectivity index (χ1v) is 9.72. The third-order valence-corrected chi connectivity index (χ3v) is 5.61. The molecule has 0 radical (unpaired) electrons. The van der Waals surface area contributed by atoms with Gasteiger partial charge in [-0.25, -0.2) is 10.1 Å². The SMILES string of the molecule is Cc1nc(C(=O)NC2CCC(c3n[nH]c(=O)c4ccccc34)CC2)ccc1C#N. The van der Waals surface area contributed by atoms with E-state index in [1.54, 1.807) is 19.1 Å². The minimum atomic E-state index is -0.214. The standard InChI is InChI=1S/C22H21N5O2/c1-13-15(12-23)8-11-19(24-13)22(29)25-16-9-6-14(7-10-16)20-17-4-2-3-5-18(17)21(28)27-26-20/h2-5,8,11,14,16H,6-7,9-10H2,1H3,(H,25,29)(H,27,28).